The van der Waals surface area contributed by atoms with Crippen LogP contribution < -0.4 is 10.5 Å². The van der Waals surface area contributed by atoms with Crippen molar-refractivity contribution in [2.75, 3.05) is 42.6 Å². The van der Waals surface area contributed by atoms with Crippen molar-refractivity contribution in [2.45, 2.75) is 52.2 Å². The number of sulfone groups is 1. The molecular formula is C30H35N5O4S3. The van der Waals surface area contributed by atoms with Crippen molar-refractivity contribution in [3.8, 4) is 6.07 Å². The molecule has 0 spiro atoms. The number of rotatable bonds is 8. The molecule has 3 aliphatic rings. The Balaban J connectivity index is 1.52. The van der Waals surface area contributed by atoms with Crippen LogP contribution in [0.2, 0.25) is 0 Å². The van der Waals surface area contributed by atoms with Gasteiger partial charge in [-0.1, -0.05) is 67.7 Å². The number of pyridine rings is 1. The summed E-state index contributed by atoms with van der Waals surface area (Å²) in [7, 11) is -3.20. The van der Waals surface area contributed by atoms with Crippen molar-refractivity contribution in [1.29, 1.82) is 5.26 Å². The van der Waals surface area contributed by atoms with E-state index in [1.54, 1.807) is 17.6 Å². The molecule has 1 aromatic carbocycles. The highest BCUT2D eigenvalue weighted by Crippen LogP contribution is 2.38. The summed E-state index contributed by atoms with van der Waals surface area (Å²) < 4.78 is 26.3. The number of piperazine rings is 1. The first-order chi connectivity index (χ1) is 20.1. The number of aromatic nitrogens is 1. The fraction of sp³-hybridized carbons (Fsp3) is 0.467. The van der Waals surface area contributed by atoms with Crippen molar-refractivity contribution in [3.05, 3.63) is 67.8 Å². The molecule has 42 heavy (non-hydrogen) atoms. The highest BCUT2D eigenvalue weighted by atomic mass is 32.2. The lowest BCUT2D eigenvalue weighted by atomic mass is 10.0. The van der Waals surface area contributed by atoms with Crippen LogP contribution in [0.15, 0.2) is 40.0 Å². The molecule has 222 valence electrons. The Morgan fingerprint density at radius 2 is 1.86 bits per heavy atom. The van der Waals surface area contributed by atoms with Crippen molar-refractivity contribution in [3.63, 3.8) is 0 Å². The zero-order valence-corrected chi connectivity index (χ0v) is 26.4. The van der Waals surface area contributed by atoms with Gasteiger partial charge in [-0.05, 0) is 37.0 Å². The average Bonchev–Trinajstić information content (AvgIpc) is 3.46. The Morgan fingerprint density at radius 1 is 1.14 bits per heavy atom. The molecule has 1 aromatic heterocycles. The summed E-state index contributed by atoms with van der Waals surface area (Å²) in [6, 6.07) is 12.0. The summed E-state index contributed by atoms with van der Waals surface area (Å²) >= 11 is 6.69. The zero-order chi connectivity index (χ0) is 30.0. The quantitative estimate of drug-likeness (QED) is 0.322. The van der Waals surface area contributed by atoms with Gasteiger partial charge in [0.1, 0.15) is 21.8 Å². The van der Waals surface area contributed by atoms with Crippen LogP contribution in [0.1, 0.15) is 48.4 Å². The van der Waals surface area contributed by atoms with Crippen LogP contribution >= 0.6 is 24.0 Å². The SMILES string of the molecule is CCCCn1c(N2CCN(Cc3ccccc3)CC2)c(C=C2SC(=S)N(C3CCS(=O)(=O)C3)C2=O)c(C)c(C#N)c1=O. The second kappa shape index (κ2) is 12.7. The predicted octanol–water partition coefficient (Wildman–Crippen LogP) is 3.54. The minimum absolute atomic E-state index is 0.0429. The summed E-state index contributed by atoms with van der Waals surface area (Å²) in [4.78, 5) is 33.6. The first-order valence-electron chi connectivity index (χ1n) is 14.3. The van der Waals surface area contributed by atoms with Gasteiger partial charge in [-0.25, -0.2) is 8.42 Å². The molecular weight excluding hydrogens is 591 g/mol. The van der Waals surface area contributed by atoms with Gasteiger partial charge in [0.25, 0.3) is 11.5 Å². The zero-order valence-electron chi connectivity index (χ0n) is 23.9. The molecule has 4 heterocycles. The van der Waals surface area contributed by atoms with Gasteiger partial charge >= 0.3 is 0 Å². The molecule has 2 aromatic rings. The van der Waals surface area contributed by atoms with E-state index in [4.69, 9.17) is 12.2 Å². The third kappa shape index (κ3) is 6.20. The molecule has 0 saturated carbocycles. The number of thioether (sulfide) groups is 1. The van der Waals surface area contributed by atoms with E-state index in [9.17, 15) is 23.3 Å². The standard InChI is InChI=1S/C30H35N5O4S3/c1-3-4-11-34-27(33-14-12-32(13-15-33)19-22-8-6-5-7-9-22)24(21(2)25(18-31)28(34)36)17-26-29(37)35(30(40)41-26)23-10-16-42(38,39)20-23/h5-9,17,23H,3-4,10-16,19-20H2,1-2H3. The monoisotopic (exact) mass is 625 g/mol. The van der Waals surface area contributed by atoms with Gasteiger partial charge in [-0.3, -0.25) is 24.0 Å². The van der Waals surface area contributed by atoms with Gasteiger partial charge in [0.05, 0.1) is 22.5 Å². The van der Waals surface area contributed by atoms with E-state index in [0.29, 0.717) is 46.4 Å². The summed E-state index contributed by atoms with van der Waals surface area (Å²) in [5, 5.41) is 9.98. The Bertz CT molecular complexity index is 1620. The minimum Gasteiger partial charge on any atom is -0.355 e. The molecule has 9 nitrogen and oxygen atoms in total. The number of carbonyl (C=O) groups excluding carboxylic acids is 1. The fourth-order valence-electron chi connectivity index (χ4n) is 5.87. The average molecular weight is 626 g/mol. The third-order valence-electron chi connectivity index (χ3n) is 8.18. The Kier molecular flexibility index (Phi) is 9.23. The largest absolute Gasteiger partial charge is 0.355 e. The van der Waals surface area contributed by atoms with E-state index >= 15 is 0 Å². The molecule has 1 amide bonds. The van der Waals surface area contributed by atoms with Gasteiger partial charge in [0.2, 0.25) is 0 Å². The van der Waals surface area contributed by atoms with Crippen LogP contribution in [0, 0.1) is 18.3 Å². The molecule has 1 atom stereocenters. The lowest BCUT2D eigenvalue weighted by molar-refractivity contribution is -0.123. The van der Waals surface area contributed by atoms with Gasteiger partial charge in [-0.15, -0.1) is 0 Å². The molecule has 1 unspecified atom stereocenters. The van der Waals surface area contributed by atoms with Crippen LogP contribution in [0.5, 0.6) is 0 Å². The molecule has 0 radical (unpaired) electrons. The molecule has 12 heteroatoms. The molecule has 3 fully saturated rings. The minimum atomic E-state index is -3.20. The highest BCUT2D eigenvalue weighted by molar-refractivity contribution is 8.26. The number of thiocarbonyl (C=S) groups is 1. The Labute approximate surface area is 256 Å². The summed E-state index contributed by atoms with van der Waals surface area (Å²) in [6.07, 6.45) is 3.77. The van der Waals surface area contributed by atoms with Crippen molar-refractivity contribution < 1.29 is 13.2 Å². The number of carbonyl (C=O) groups is 1. The number of nitriles is 1. The molecule has 0 N–H and O–H groups in total. The van der Waals surface area contributed by atoms with Crippen molar-refractivity contribution in [1.82, 2.24) is 14.4 Å². The number of anilines is 1. The number of benzene rings is 1. The normalized spacial score (nSPS) is 21.8. The maximum Gasteiger partial charge on any atom is 0.270 e. The van der Waals surface area contributed by atoms with E-state index in [-0.39, 0.29) is 28.5 Å². The predicted molar refractivity (Wildman–Crippen MR) is 171 cm³/mol. The van der Waals surface area contributed by atoms with Crippen molar-refractivity contribution in [2.24, 2.45) is 0 Å². The summed E-state index contributed by atoms with van der Waals surface area (Å²) in [5.74, 6) is 0.347. The number of hydrogen-bond donors (Lipinski definition) is 0. The van der Waals surface area contributed by atoms with Crippen LogP contribution in [0.4, 0.5) is 5.82 Å². The lowest BCUT2D eigenvalue weighted by Crippen LogP contribution is -2.48. The summed E-state index contributed by atoms with van der Waals surface area (Å²) in [6.45, 7) is 8.09. The van der Waals surface area contributed by atoms with E-state index in [0.717, 1.165) is 50.1 Å². The maximum absolute atomic E-state index is 13.6. The van der Waals surface area contributed by atoms with Crippen LogP contribution in [0.25, 0.3) is 6.08 Å². The smallest absolute Gasteiger partial charge is 0.270 e. The second-order valence-electron chi connectivity index (χ2n) is 11.0. The number of unbranched alkanes of at least 4 members (excludes halogenated alkanes) is 1. The summed E-state index contributed by atoms with van der Waals surface area (Å²) in [5.41, 5.74) is 2.20. The number of amides is 1. The first-order valence-corrected chi connectivity index (χ1v) is 17.3. The van der Waals surface area contributed by atoms with Gasteiger partial charge in [-0.2, -0.15) is 5.26 Å². The van der Waals surface area contributed by atoms with Crippen LogP contribution in [0.3, 0.4) is 0 Å². The third-order valence-corrected chi connectivity index (χ3v) is 11.3. The number of nitrogens with zero attached hydrogens (tertiary/aromatic N) is 5. The molecule has 3 aliphatic heterocycles. The molecule has 5 rings (SSSR count). The van der Waals surface area contributed by atoms with Crippen molar-refractivity contribution >= 4 is 55.9 Å². The van der Waals surface area contributed by atoms with Crippen LogP contribution in [-0.2, 0) is 27.7 Å². The maximum atomic E-state index is 13.6. The lowest BCUT2D eigenvalue weighted by Gasteiger charge is -2.38. The first kappa shape index (κ1) is 30.5. The molecule has 3 saturated heterocycles. The van der Waals surface area contributed by atoms with E-state index in [1.165, 1.54) is 10.5 Å². The topological polar surface area (TPSA) is 107 Å². The van der Waals surface area contributed by atoms with Gasteiger partial charge in [0, 0.05) is 44.8 Å². The van der Waals surface area contributed by atoms with E-state index in [2.05, 4.69) is 34.9 Å². The molecule has 0 aliphatic carbocycles. The number of hydrogen-bond acceptors (Lipinski definition) is 9. The fourth-order valence-corrected chi connectivity index (χ4v) is 8.95. The Morgan fingerprint density at radius 3 is 2.48 bits per heavy atom. The second-order valence-corrected chi connectivity index (χ2v) is 14.9. The highest BCUT2D eigenvalue weighted by Gasteiger charge is 2.42. The van der Waals surface area contributed by atoms with E-state index in [1.807, 2.05) is 18.2 Å². The molecule has 0 bridgehead atoms. The van der Waals surface area contributed by atoms with Gasteiger partial charge in [0.15, 0.2) is 9.84 Å². The van der Waals surface area contributed by atoms with Crippen LogP contribution in [-0.4, -0.2) is 76.7 Å². The van der Waals surface area contributed by atoms with Gasteiger partial charge < -0.3 is 4.90 Å². The van der Waals surface area contributed by atoms with E-state index < -0.39 is 15.9 Å². The Hall–Kier alpha value is -2.98.